The van der Waals surface area contributed by atoms with Gasteiger partial charge in [-0.2, -0.15) is 0 Å². The molecule has 2 aromatic carbocycles. The Labute approximate surface area is 177 Å². The maximum Gasteiger partial charge on any atom is 0.256 e. The summed E-state index contributed by atoms with van der Waals surface area (Å²) in [6.07, 6.45) is 3.93. The van der Waals surface area contributed by atoms with Crippen LogP contribution >= 0.6 is 0 Å². The zero-order chi connectivity index (χ0) is 21.3. The summed E-state index contributed by atoms with van der Waals surface area (Å²) < 4.78 is 19.1. The fraction of sp³-hybridized carbons (Fsp3) is 0.417. The summed E-state index contributed by atoms with van der Waals surface area (Å²) in [5.74, 6) is 0.168. The van der Waals surface area contributed by atoms with Crippen molar-refractivity contribution in [2.24, 2.45) is 0 Å². The van der Waals surface area contributed by atoms with E-state index in [2.05, 4.69) is 12.1 Å². The van der Waals surface area contributed by atoms with E-state index in [0.717, 1.165) is 25.0 Å². The molecule has 2 amide bonds. The van der Waals surface area contributed by atoms with E-state index < -0.39 is 5.82 Å². The molecule has 0 spiro atoms. The molecule has 0 atom stereocenters. The monoisotopic (exact) mass is 412 g/mol. The van der Waals surface area contributed by atoms with Gasteiger partial charge in [0, 0.05) is 32.6 Å². The van der Waals surface area contributed by atoms with Crippen LogP contribution in [0.25, 0.3) is 0 Å². The Morgan fingerprint density at radius 2 is 1.63 bits per heavy atom. The molecular formula is C24H29FN2O3. The van der Waals surface area contributed by atoms with Crippen LogP contribution in [-0.4, -0.2) is 54.9 Å². The number of hydrogen-bond acceptors (Lipinski definition) is 3. The van der Waals surface area contributed by atoms with E-state index in [1.807, 2.05) is 17.0 Å². The molecular weight excluding hydrogens is 383 g/mol. The average Bonchev–Trinajstić information content (AvgIpc) is 3.03. The van der Waals surface area contributed by atoms with Gasteiger partial charge in [0.15, 0.2) is 0 Å². The van der Waals surface area contributed by atoms with Gasteiger partial charge in [0.25, 0.3) is 5.91 Å². The molecule has 160 valence electrons. The van der Waals surface area contributed by atoms with E-state index >= 15 is 0 Å². The normalized spacial score (nSPS) is 14.3. The number of carbonyl (C=O) groups is 2. The average molecular weight is 413 g/mol. The van der Waals surface area contributed by atoms with Gasteiger partial charge in [-0.1, -0.05) is 24.3 Å². The minimum Gasteiger partial charge on any atom is -0.497 e. The van der Waals surface area contributed by atoms with Gasteiger partial charge in [-0.3, -0.25) is 9.59 Å². The van der Waals surface area contributed by atoms with Crippen molar-refractivity contribution in [3.63, 3.8) is 0 Å². The van der Waals surface area contributed by atoms with Crippen LogP contribution in [-0.2, 0) is 11.2 Å². The summed E-state index contributed by atoms with van der Waals surface area (Å²) in [7, 11) is 1.65. The van der Waals surface area contributed by atoms with E-state index in [1.54, 1.807) is 24.1 Å². The Bertz CT molecular complexity index is 854. The van der Waals surface area contributed by atoms with Gasteiger partial charge in [-0.05, 0) is 55.5 Å². The Hall–Kier alpha value is -2.89. The minimum atomic E-state index is -0.503. The van der Waals surface area contributed by atoms with Crippen molar-refractivity contribution in [2.45, 2.75) is 32.1 Å². The molecule has 0 bridgehead atoms. The number of hydrogen-bond donors (Lipinski definition) is 0. The number of methoxy groups -OCH3 is 1. The smallest absolute Gasteiger partial charge is 0.256 e. The first kappa shape index (κ1) is 21.8. The second-order valence-corrected chi connectivity index (χ2v) is 7.56. The summed E-state index contributed by atoms with van der Waals surface area (Å²) in [6, 6.07) is 14.0. The predicted molar refractivity (Wildman–Crippen MR) is 114 cm³/mol. The third-order valence-electron chi connectivity index (χ3n) is 5.51. The Kier molecular flexibility index (Phi) is 7.82. The predicted octanol–water partition coefficient (Wildman–Crippen LogP) is 3.92. The third kappa shape index (κ3) is 5.81. The van der Waals surface area contributed by atoms with E-state index in [4.69, 9.17) is 4.74 Å². The lowest BCUT2D eigenvalue weighted by atomic mass is 10.1. The highest BCUT2D eigenvalue weighted by Gasteiger charge is 2.24. The summed E-state index contributed by atoms with van der Waals surface area (Å²) in [4.78, 5) is 28.7. The number of carbonyl (C=O) groups excluding carboxylic acids is 2. The summed E-state index contributed by atoms with van der Waals surface area (Å²) in [5.41, 5.74) is 1.33. The largest absolute Gasteiger partial charge is 0.497 e. The van der Waals surface area contributed by atoms with Crippen LogP contribution in [0.5, 0.6) is 5.75 Å². The van der Waals surface area contributed by atoms with Crippen molar-refractivity contribution in [1.82, 2.24) is 9.80 Å². The van der Waals surface area contributed by atoms with Crippen LogP contribution in [0.4, 0.5) is 4.39 Å². The number of ether oxygens (including phenoxy) is 1. The maximum absolute atomic E-state index is 13.9. The van der Waals surface area contributed by atoms with Gasteiger partial charge in [-0.25, -0.2) is 4.39 Å². The molecule has 0 aliphatic carbocycles. The molecule has 30 heavy (non-hydrogen) atoms. The first-order valence-electron chi connectivity index (χ1n) is 10.5. The zero-order valence-corrected chi connectivity index (χ0v) is 17.5. The van der Waals surface area contributed by atoms with Crippen LogP contribution in [0.1, 0.15) is 41.6 Å². The lowest BCUT2D eigenvalue weighted by Gasteiger charge is -2.22. The van der Waals surface area contributed by atoms with Crippen molar-refractivity contribution >= 4 is 11.8 Å². The van der Waals surface area contributed by atoms with Gasteiger partial charge in [0.2, 0.25) is 5.91 Å². The second-order valence-electron chi connectivity index (χ2n) is 7.56. The van der Waals surface area contributed by atoms with Gasteiger partial charge in [0.1, 0.15) is 11.6 Å². The van der Waals surface area contributed by atoms with Crippen molar-refractivity contribution in [3.8, 4) is 5.75 Å². The number of benzene rings is 2. The van der Waals surface area contributed by atoms with Crippen molar-refractivity contribution in [1.29, 1.82) is 0 Å². The van der Waals surface area contributed by atoms with Crippen LogP contribution in [0.15, 0.2) is 48.5 Å². The molecule has 1 aliphatic heterocycles. The molecule has 6 heteroatoms. The molecule has 3 rings (SSSR count). The van der Waals surface area contributed by atoms with E-state index in [0.29, 0.717) is 39.0 Å². The molecule has 0 unspecified atom stereocenters. The van der Waals surface area contributed by atoms with E-state index in [-0.39, 0.29) is 17.4 Å². The maximum atomic E-state index is 13.9. The molecule has 0 saturated carbocycles. The SMILES string of the molecule is COc1ccc(CCCCC(=O)N2CCCN(C(=O)c3ccccc3F)CC2)cc1. The topological polar surface area (TPSA) is 49.9 Å². The Balaban J connectivity index is 1.42. The van der Waals surface area contributed by atoms with Crippen LogP contribution in [0, 0.1) is 5.82 Å². The summed E-state index contributed by atoms with van der Waals surface area (Å²) in [6.45, 7) is 2.11. The molecule has 1 fully saturated rings. The standard InChI is InChI=1S/C24H29FN2O3/c1-30-20-13-11-19(12-14-20)7-2-5-10-23(28)26-15-6-16-27(18-17-26)24(29)21-8-3-4-9-22(21)25/h3-4,8-9,11-14H,2,5-7,10,15-18H2,1H3. The highest BCUT2D eigenvalue weighted by molar-refractivity contribution is 5.94. The lowest BCUT2D eigenvalue weighted by Crippen LogP contribution is -2.37. The molecule has 0 aromatic heterocycles. The molecule has 0 radical (unpaired) electrons. The molecule has 0 N–H and O–H groups in total. The first-order chi connectivity index (χ1) is 14.6. The summed E-state index contributed by atoms with van der Waals surface area (Å²) >= 11 is 0. The van der Waals surface area contributed by atoms with Crippen molar-refractivity contribution < 1.29 is 18.7 Å². The van der Waals surface area contributed by atoms with E-state index in [9.17, 15) is 14.0 Å². The van der Waals surface area contributed by atoms with Crippen LogP contribution in [0.2, 0.25) is 0 Å². The van der Waals surface area contributed by atoms with Crippen molar-refractivity contribution in [3.05, 3.63) is 65.5 Å². The Morgan fingerprint density at radius 1 is 0.933 bits per heavy atom. The summed E-state index contributed by atoms with van der Waals surface area (Å²) in [5, 5.41) is 0. The van der Waals surface area contributed by atoms with Crippen LogP contribution < -0.4 is 4.74 Å². The Morgan fingerprint density at radius 3 is 2.37 bits per heavy atom. The van der Waals surface area contributed by atoms with Gasteiger partial charge < -0.3 is 14.5 Å². The zero-order valence-electron chi connectivity index (χ0n) is 17.5. The number of unbranched alkanes of at least 4 members (excludes halogenated alkanes) is 1. The number of amides is 2. The molecule has 1 aliphatic rings. The minimum absolute atomic E-state index is 0.0933. The number of rotatable bonds is 7. The van der Waals surface area contributed by atoms with Gasteiger partial charge >= 0.3 is 0 Å². The van der Waals surface area contributed by atoms with Crippen molar-refractivity contribution in [2.75, 3.05) is 33.3 Å². The first-order valence-corrected chi connectivity index (χ1v) is 10.5. The molecule has 1 heterocycles. The molecule has 1 saturated heterocycles. The quantitative estimate of drug-likeness (QED) is 0.648. The number of nitrogens with zero attached hydrogens (tertiary/aromatic N) is 2. The van der Waals surface area contributed by atoms with Gasteiger partial charge in [-0.15, -0.1) is 0 Å². The molecule has 2 aromatic rings. The fourth-order valence-corrected chi connectivity index (χ4v) is 3.73. The number of halogens is 1. The molecule has 5 nitrogen and oxygen atoms in total. The van der Waals surface area contributed by atoms with Gasteiger partial charge in [0.05, 0.1) is 12.7 Å². The lowest BCUT2D eigenvalue weighted by molar-refractivity contribution is -0.131. The van der Waals surface area contributed by atoms with E-state index in [1.165, 1.54) is 17.7 Å². The highest BCUT2D eigenvalue weighted by Crippen LogP contribution is 2.15. The van der Waals surface area contributed by atoms with Crippen LogP contribution in [0.3, 0.4) is 0 Å². The number of aryl methyl sites for hydroxylation is 1. The fourth-order valence-electron chi connectivity index (χ4n) is 3.73. The third-order valence-corrected chi connectivity index (χ3v) is 5.51. The highest BCUT2D eigenvalue weighted by atomic mass is 19.1. The second kappa shape index (κ2) is 10.8.